The number of ether oxygens (including phenoxy) is 2. The van der Waals surface area contributed by atoms with Crippen LogP contribution in [0.5, 0.6) is 5.75 Å². The van der Waals surface area contributed by atoms with E-state index >= 15 is 0 Å². The summed E-state index contributed by atoms with van der Waals surface area (Å²) in [5, 5.41) is 0.146. The second kappa shape index (κ2) is 15.2. The lowest BCUT2D eigenvalue weighted by Crippen LogP contribution is -2.75. The molecule has 0 radical (unpaired) electrons. The number of fused-ring (bicyclic) bond motifs is 6. The van der Waals surface area contributed by atoms with Gasteiger partial charge in [0.15, 0.2) is 16.6 Å². The van der Waals surface area contributed by atoms with E-state index in [0.29, 0.717) is 35.8 Å². The number of hydrogen-bond acceptors (Lipinski definition) is 8. The van der Waals surface area contributed by atoms with Gasteiger partial charge in [-0.25, -0.2) is 17.9 Å². The topological polar surface area (TPSA) is 126 Å². The molecule has 1 amide bonds. The van der Waals surface area contributed by atoms with E-state index in [1.807, 2.05) is 13.8 Å². The van der Waals surface area contributed by atoms with E-state index in [-0.39, 0.29) is 62.6 Å². The van der Waals surface area contributed by atoms with E-state index in [1.165, 1.54) is 6.07 Å². The molecule has 1 aromatic rings. The molecule has 0 saturated heterocycles. The van der Waals surface area contributed by atoms with Gasteiger partial charge in [0.2, 0.25) is 0 Å². The normalized spacial score (nSPS) is 37.1. The van der Waals surface area contributed by atoms with Gasteiger partial charge < -0.3 is 24.1 Å². The Hall–Kier alpha value is -1.45. The number of nitrogens with two attached hydrogens (primary N) is 1. The van der Waals surface area contributed by atoms with Crippen LogP contribution < -0.4 is 15.2 Å². The third kappa shape index (κ3) is 8.32. The Kier molecular flexibility index (Phi) is 12.0. The average Bonchev–Trinajstić information content (AvgIpc) is 3.43. The Bertz CT molecular complexity index is 1770. The van der Waals surface area contributed by atoms with Crippen LogP contribution in [0.4, 0.5) is 4.79 Å². The molecule has 57 heavy (non-hydrogen) atoms. The first-order valence-corrected chi connectivity index (χ1v) is 30.0. The molecule has 3 N–H and O–H groups in total. The van der Waals surface area contributed by atoms with Crippen molar-refractivity contribution in [1.82, 2.24) is 4.72 Å². The Balaban J connectivity index is 1.18. The summed E-state index contributed by atoms with van der Waals surface area (Å²) in [4.78, 5) is 13.1. The molecule has 0 spiro atoms. The van der Waals surface area contributed by atoms with Gasteiger partial charge in [-0.05, 0) is 180 Å². The largest absolute Gasteiger partial charge is 0.488 e. The predicted octanol–water partition coefficient (Wildman–Crippen LogP) is 10.4. The van der Waals surface area contributed by atoms with Gasteiger partial charge in [-0.15, -0.1) is 0 Å². The van der Waals surface area contributed by atoms with Crippen molar-refractivity contribution in [3.8, 4) is 5.75 Å². The Morgan fingerprint density at radius 2 is 1.67 bits per heavy atom. The number of carbonyl (C=O) groups excluding carboxylic acids is 1. The van der Waals surface area contributed by atoms with Crippen molar-refractivity contribution in [3.63, 3.8) is 0 Å². The fraction of sp³-hybridized carbons (Fsp3) is 0.844. The first kappa shape index (κ1) is 45.1. The van der Waals surface area contributed by atoms with Gasteiger partial charge in [0.1, 0.15) is 11.4 Å². The van der Waals surface area contributed by atoms with E-state index in [4.69, 9.17) is 24.1 Å². The molecule has 5 aliphatic rings. The molecule has 12 heteroatoms. The summed E-state index contributed by atoms with van der Waals surface area (Å²) in [7, 11) is -8.05. The molecule has 6 rings (SSSR count). The highest BCUT2D eigenvalue weighted by Gasteiger charge is 2.70. The standard InChI is InChI=1S/C45H78N2O7SSi2/c1-15-33-39(54-56(10,11)12)38-35-18-17-34(29(2)28-51-40(48)47-55(49,50)32-16-19-37-30(26-32)20-23-42(6,7)52-37)43(35,8)24-22-36(38)44(9)25-21-31(27-45(33,44)46)53-57(13,14)41(3,4)5/h16,19,26,29,31,33-36,38-39H,15,17-18,20-25,27-28,46H2,1-14H3,(H,47,48)/t29-,31?,33+,34?,35+,36+,38+,39?,43?,44?,45?/m1/s1. The number of amides is 1. The molecule has 4 fully saturated rings. The second-order valence-corrected chi connectivity index (χ2v) is 33.6. The first-order chi connectivity index (χ1) is 26.1. The van der Waals surface area contributed by atoms with Crippen molar-refractivity contribution in [2.45, 2.75) is 193 Å². The summed E-state index contributed by atoms with van der Waals surface area (Å²) in [6.45, 7) is 32.5. The molecule has 1 aliphatic heterocycles. The molecule has 4 aliphatic carbocycles. The SMILES string of the molecule is CC[C@H]1C(O[Si](C)(C)C)[C@H]2[C@@H]3CCC([C@H](C)COC(=O)NS(=O)(=O)c4ccc5c(c4)CCC(C)(C)O5)C3(C)CC[C@@H]2C2(C)CCC(O[Si](C)(C)C(C)(C)C)CC12N. The quantitative estimate of drug-likeness (QED) is 0.223. The Labute approximate surface area is 348 Å². The van der Waals surface area contributed by atoms with Crippen LogP contribution in [-0.2, 0) is 30.0 Å². The van der Waals surface area contributed by atoms with Crippen LogP contribution in [0, 0.1) is 46.3 Å². The molecule has 1 aromatic carbocycles. The molecule has 0 bridgehead atoms. The molecule has 6 unspecified atom stereocenters. The fourth-order valence-electron chi connectivity index (χ4n) is 12.6. The average molecular weight is 847 g/mol. The molecule has 9 nitrogen and oxygen atoms in total. The van der Waals surface area contributed by atoms with Crippen molar-refractivity contribution < 1.29 is 31.5 Å². The van der Waals surface area contributed by atoms with Crippen LogP contribution in [0.25, 0.3) is 0 Å². The van der Waals surface area contributed by atoms with Crippen LogP contribution in [-0.4, -0.2) is 61.1 Å². The first-order valence-electron chi connectivity index (χ1n) is 22.2. The third-order valence-electron chi connectivity index (χ3n) is 16.6. The summed E-state index contributed by atoms with van der Waals surface area (Å²) in [5.41, 5.74) is 8.19. The van der Waals surface area contributed by atoms with E-state index < -0.39 is 32.8 Å². The monoisotopic (exact) mass is 847 g/mol. The Morgan fingerprint density at radius 1 is 0.982 bits per heavy atom. The van der Waals surface area contributed by atoms with Crippen LogP contribution >= 0.6 is 0 Å². The van der Waals surface area contributed by atoms with Gasteiger partial charge in [-0.1, -0.05) is 48.5 Å². The predicted molar refractivity (Wildman–Crippen MR) is 234 cm³/mol. The van der Waals surface area contributed by atoms with Gasteiger partial charge in [0, 0.05) is 17.6 Å². The van der Waals surface area contributed by atoms with E-state index in [0.717, 1.165) is 63.4 Å². The maximum atomic E-state index is 13.3. The molecular formula is C45H78N2O7SSi2. The highest BCUT2D eigenvalue weighted by molar-refractivity contribution is 7.90. The molecule has 1 heterocycles. The number of rotatable bonds is 10. The van der Waals surface area contributed by atoms with Crippen molar-refractivity contribution in [2.24, 2.45) is 52.1 Å². The molecule has 11 atom stereocenters. The van der Waals surface area contributed by atoms with Gasteiger partial charge in [-0.2, -0.15) is 0 Å². The molecule has 324 valence electrons. The minimum absolute atomic E-state index is 0.00960. The zero-order chi connectivity index (χ0) is 42.4. The van der Waals surface area contributed by atoms with Crippen molar-refractivity contribution in [3.05, 3.63) is 23.8 Å². The molecule has 4 saturated carbocycles. The lowest BCUT2D eigenvalue weighted by molar-refractivity contribution is -0.207. The van der Waals surface area contributed by atoms with E-state index in [9.17, 15) is 13.2 Å². The number of nitrogens with one attached hydrogen (secondary N) is 1. The van der Waals surface area contributed by atoms with Crippen molar-refractivity contribution in [2.75, 3.05) is 6.61 Å². The number of hydrogen-bond donors (Lipinski definition) is 2. The van der Waals surface area contributed by atoms with E-state index in [2.05, 4.69) is 85.9 Å². The van der Waals surface area contributed by atoms with Crippen LogP contribution in [0.1, 0.15) is 126 Å². The van der Waals surface area contributed by atoms with Crippen LogP contribution in [0.3, 0.4) is 0 Å². The lowest BCUT2D eigenvalue weighted by Gasteiger charge is -2.70. The molecule has 0 aromatic heterocycles. The molecular weight excluding hydrogens is 769 g/mol. The van der Waals surface area contributed by atoms with Gasteiger partial charge in [0.05, 0.1) is 17.6 Å². The van der Waals surface area contributed by atoms with Gasteiger partial charge in [0.25, 0.3) is 10.0 Å². The summed E-state index contributed by atoms with van der Waals surface area (Å²) in [6, 6.07) is 4.78. The Morgan fingerprint density at radius 3 is 2.30 bits per heavy atom. The smallest absolute Gasteiger partial charge is 0.421 e. The zero-order valence-electron chi connectivity index (χ0n) is 38.0. The van der Waals surface area contributed by atoms with Gasteiger partial charge in [-0.3, -0.25) is 0 Å². The van der Waals surface area contributed by atoms with Crippen molar-refractivity contribution in [1.29, 1.82) is 0 Å². The minimum Gasteiger partial charge on any atom is -0.488 e. The maximum Gasteiger partial charge on any atom is 0.421 e. The highest BCUT2D eigenvalue weighted by Crippen LogP contribution is 2.70. The summed E-state index contributed by atoms with van der Waals surface area (Å²) in [5.74, 6) is 2.71. The minimum atomic E-state index is -4.11. The zero-order valence-corrected chi connectivity index (χ0v) is 40.8. The van der Waals surface area contributed by atoms with Crippen molar-refractivity contribution >= 4 is 32.8 Å². The summed E-state index contributed by atoms with van der Waals surface area (Å²) >= 11 is 0. The van der Waals surface area contributed by atoms with E-state index in [1.54, 1.807) is 12.1 Å². The van der Waals surface area contributed by atoms with Gasteiger partial charge >= 0.3 is 6.09 Å². The lowest BCUT2D eigenvalue weighted by atomic mass is 9.39. The number of benzene rings is 1. The number of sulfonamides is 1. The third-order valence-corrected chi connectivity index (χ3v) is 23.4. The summed E-state index contributed by atoms with van der Waals surface area (Å²) < 4.78 is 55.1. The maximum absolute atomic E-state index is 13.3. The summed E-state index contributed by atoms with van der Waals surface area (Å²) in [6.07, 6.45) is 9.31. The highest BCUT2D eigenvalue weighted by atomic mass is 32.2. The van der Waals surface area contributed by atoms with Crippen LogP contribution in [0.2, 0.25) is 37.8 Å². The van der Waals surface area contributed by atoms with Crippen LogP contribution in [0.15, 0.2) is 23.1 Å². The number of carbonyl (C=O) groups is 1. The fourth-order valence-corrected chi connectivity index (χ4v) is 16.1. The number of aryl methyl sites for hydroxylation is 1. The second-order valence-electron chi connectivity index (χ2n) is 22.7.